The van der Waals surface area contributed by atoms with Gasteiger partial charge >= 0.3 is 0 Å². The number of aryl methyl sites for hydroxylation is 2. The fourth-order valence-electron chi connectivity index (χ4n) is 1.29. The molecule has 3 nitrogen and oxygen atoms in total. The third kappa shape index (κ3) is 1.06. The summed E-state index contributed by atoms with van der Waals surface area (Å²) in [7, 11) is 0. The fraction of sp³-hybridized carbons (Fsp3) is 0.500. The van der Waals surface area contributed by atoms with Crippen LogP contribution in [0.2, 0.25) is 0 Å². The molecule has 0 unspecified atom stereocenters. The van der Waals surface area contributed by atoms with Crippen LogP contribution in [0.1, 0.15) is 17.8 Å². The highest BCUT2D eigenvalue weighted by Crippen LogP contribution is 2.24. The van der Waals surface area contributed by atoms with Crippen molar-refractivity contribution in [3.05, 3.63) is 17.7 Å². The monoisotopic (exact) mass is 150 g/mol. The van der Waals surface area contributed by atoms with E-state index in [1.165, 1.54) is 0 Å². The Bertz CT molecular complexity index is 273. The van der Waals surface area contributed by atoms with Crippen LogP contribution in [0.5, 0.6) is 5.75 Å². The number of aromatic nitrogens is 2. The summed E-state index contributed by atoms with van der Waals surface area (Å²) >= 11 is 0. The van der Waals surface area contributed by atoms with Gasteiger partial charge in [-0.1, -0.05) is 0 Å². The lowest BCUT2D eigenvalue weighted by atomic mass is 10.1. The van der Waals surface area contributed by atoms with Crippen molar-refractivity contribution in [2.24, 2.45) is 0 Å². The average Bonchev–Trinajstić information content (AvgIpc) is 2.06. The van der Waals surface area contributed by atoms with Crippen molar-refractivity contribution in [1.29, 1.82) is 0 Å². The third-order valence-corrected chi connectivity index (χ3v) is 1.86. The average molecular weight is 150 g/mol. The zero-order valence-electron chi connectivity index (χ0n) is 6.50. The maximum absolute atomic E-state index is 5.43. The molecule has 0 aliphatic carbocycles. The summed E-state index contributed by atoms with van der Waals surface area (Å²) < 4.78 is 5.43. The first kappa shape index (κ1) is 6.58. The molecule has 3 heteroatoms. The maximum Gasteiger partial charge on any atom is 0.161 e. The second kappa shape index (κ2) is 2.49. The highest BCUT2D eigenvalue weighted by atomic mass is 16.5. The predicted octanol–water partition coefficient (Wildman–Crippen LogP) is 1.11. The quantitative estimate of drug-likeness (QED) is 0.555. The van der Waals surface area contributed by atoms with Crippen LogP contribution in [-0.2, 0) is 6.42 Å². The Hall–Kier alpha value is -1.12. The summed E-state index contributed by atoms with van der Waals surface area (Å²) in [4.78, 5) is 8.20. The topological polar surface area (TPSA) is 35.0 Å². The Balaban J connectivity index is 2.49. The van der Waals surface area contributed by atoms with Crippen molar-refractivity contribution in [3.63, 3.8) is 0 Å². The molecule has 11 heavy (non-hydrogen) atoms. The number of nitrogens with zero attached hydrogens (tertiary/aromatic N) is 2. The van der Waals surface area contributed by atoms with E-state index in [-0.39, 0.29) is 0 Å². The standard InChI is InChI=1S/C8H10N2O/c1-6-8-7(10-5-9-6)3-2-4-11-8/h5H,2-4H2,1H3. The number of ether oxygens (including phenoxy) is 1. The highest BCUT2D eigenvalue weighted by Gasteiger charge is 2.13. The molecular formula is C8H10N2O. The molecule has 0 bridgehead atoms. The molecule has 0 radical (unpaired) electrons. The first-order valence-corrected chi connectivity index (χ1v) is 3.81. The lowest BCUT2D eigenvalue weighted by Gasteiger charge is -2.16. The summed E-state index contributed by atoms with van der Waals surface area (Å²) in [6, 6.07) is 0. The van der Waals surface area contributed by atoms with Crippen LogP contribution in [0.3, 0.4) is 0 Å². The molecule has 0 fully saturated rings. The molecule has 0 aromatic carbocycles. The molecule has 0 atom stereocenters. The fourth-order valence-corrected chi connectivity index (χ4v) is 1.29. The van der Waals surface area contributed by atoms with Gasteiger partial charge < -0.3 is 4.74 Å². The second-order valence-corrected chi connectivity index (χ2v) is 2.69. The molecule has 2 heterocycles. The van der Waals surface area contributed by atoms with Gasteiger partial charge in [0.15, 0.2) is 5.75 Å². The van der Waals surface area contributed by atoms with Crippen molar-refractivity contribution < 1.29 is 4.74 Å². The van der Waals surface area contributed by atoms with Gasteiger partial charge in [0.1, 0.15) is 6.33 Å². The molecule has 58 valence electrons. The Kier molecular flexibility index (Phi) is 1.49. The molecule has 1 aromatic heterocycles. The number of hydrogen-bond donors (Lipinski definition) is 0. The molecule has 0 amide bonds. The van der Waals surface area contributed by atoms with Gasteiger partial charge in [0, 0.05) is 0 Å². The maximum atomic E-state index is 5.43. The van der Waals surface area contributed by atoms with Gasteiger partial charge in [-0.25, -0.2) is 9.97 Å². The molecule has 1 aromatic rings. The Morgan fingerprint density at radius 2 is 2.36 bits per heavy atom. The van der Waals surface area contributed by atoms with E-state index in [0.717, 1.165) is 36.6 Å². The van der Waals surface area contributed by atoms with Crippen LogP contribution in [0.4, 0.5) is 0 Å². The highest BCUT2D eigenvalue weighted by molar-refractivity contribution is 5.32. The van der Waals surface area contributed by atoms with Gasteiger partial charge in [0.25, 0.3) is 0 Å². The predicted molar refractivity (Wildman–Crippen MR) is 40.6 cm³/mol. The van der Waals surface area contributed by atoms with Crippen LogP contribution >= 0.6 is 0 Å². The molecule has 0 spiro atoms. The number of hydrogen-bond acceptors (Lipinski definition) is 3. The van der Waals surface area contributed by atoms with Crippen molar-refractivity contribution in [2.45, 2.75) is 19.8 Å². The Morgan fingerprint density at radius 1 is 1.45 bits per heavy atom. The third-order valence-electron chi connectivity index (χ3n) is 1.86. The van der Waals surface area contributed by atoms with E-state index in [0.29, 0.717) is 0 Å². The Morgan fingerprint density at radius 3 is 3.18 bits per heavy atom. The van der Waals surface area contributed by atoms with E-state index in [1.807, 2.05) is 6.92 Å². The summed E-state index contributed by atoms with van der Waals surface area (Å²) in [5.74, 6) is 0.902. The normalized spacial score (nSPS) is 15.4. The first-order chi connectivity index (χ1) is 5.38. The van der Waals surface area contributed by atoms with Crippen LogP contribution in [-0.4, -0.2) is 16.6 Å². The minimum Gasteiger partial charge on any atom is -0.490 e. The molecule has 1 aliphatic rings. The van der Waals surface area contributed by atoms with Gasteiger partial charge in [0.2, 0.25) is 0 Å². The minimum atomic E-state index is 0.807. The van der Waals surface area contributed by atoms with Gasteiger partial charge in [0.05, 0.1) is 18.0 Å². The summed E-state index contributed by atoms with van der Waals surface area (Å²) in [5, 5.41) is 0. The second-order valence-electron chi connectivity index (χ2n) is 2.69. The van der Waals surface area contributed by atoms with Crippen LogP contribution in [0.25, 0.3) is 0 Å². The van der Waals surface area contributed by atoms with Crippen LogP contribution in [0, 0.1) is 6.92 Å². The molecule has 0 saturated carbocycles. The Labute approximate surface area is 65.4 Å². The molecule has 0 N–H and O–H groups in total. The van der Waals surface area contributed by atoms with Crippen molar-refractivity contribution >= 4 is 0 Å². The van der Waals surface area contributed by atoms with Gasteiger partial charge in [-0.05, 0) is 19.8 Å². The lowest BCUT2D eigenvalue weighted by molar-refractivity contribution is 0.281. The van der Waals surface area contributed by atoms with E-state index in [2.05, 4.69) is 9.97 Å². The SMILES string of the molecule is Cc1ncnc2c1OCCC2. The van der Waals surface area contributed by atoms with E-state index in [1.54, 1.807) is 6.33 Å². The molecule has 1 aliphatic heterocycles. The largest absolute Gasteiger partial charge is 0.490 e. The molecular weight excluding hydrogens is 140 g/mol. The summed E-state index contributed by atoms with van der Waals surface area (Å²) in [6.45, 7) is 2.76. The number of fused-ring (bicyclic) bond motifs is 1. The van der Waals surface area contributed by atoms with Crippen molar-refractivity contribution in [3.8, 4) is 5.75 Å². The van der Waals surface area contributed by atoms with Crippen molar-refractivity contribution in [2.75, 3.05) is 6.61 Å². The van der Waals surface area contributed by atoms with E-state index in [9.17, 15) is 0 Å². The van der Waals surface area contributed by atoms with E-state index >= 15 is 0 Å². The number of rotatable bonds is 0. The lowest BCUT2D eigenvalue weighted by Crippen LogP contribution is -2.11. The van der Waals surface area contributed by atoms with Crippen LogP contribution < -0.4 is 4.74 Å². The molecule has 2 rings (SSSR count). The zero-order chi connectivity index (χ0) is 7.68. The van der Waals surface area contributed by atoms with Gasteiger partial charge in [-0.2, -0.15) is 0 Å². The van der Waals surface area contributed by atoms with E-state index in [4.69, 9.17) is 4.74 Å². The molecule has 0 saturated heterocycles. The zero-order valence-corrected chi connectivity index (χ0v) is 6.50. The summed E-state index contributed by atoms with van der Waals surface area (Å²) in [6.07, 6.45) is 3.70. The van der Waals surface area contributed by atoms with Gasteiger partial charge in [-0.15, -0.1) is 0 Å². The van der Waals surface area contributed by atoms with Crippen molar-refractivity contribution in [1.82, 2.24) is 9.97 Å². The van der Waals surface area contributed by atoms with Gasteiger partial charge in [-0.3, -0.25) is 0 Å². The minimum absolute atomic E-state index is 0.807. The smallest absolute Gasteiger partial charge is 0.161 e. The van der Waals surface area contributed by atoms with E-state index < -0.39 is 0 Å². The summed E-state index contributed by atoms with van der Waals surface area (Å²) in [5.41, 5.74) is 2.01. The first-order valence-electron chi connectivity index (χ1n) is 3.81. The van der Waals surface area contributed by atoms with Crippen LogP contribution in [0.15, 0.2) is 6.33 Å².